The molecule has 0 bridgehead atoms. The fourth-order valence-corrected chi connectivity index (χ4v) is 3.20. The highest BCUT2D eigenvalue weighted by Gasteiger charge is 2.11. The highest BCUT2D eigenvalue weighted by Crippen LogP contribution is 2.25. The number of aliphatic imine (C=N–C) groups is 1. The maximum absolute atomic E-state index is 4.39. The van der Waals surface area contributed by atoms with Gasteiger partial charge in [0.05, 0.1) is 6.54 Å². The Morgan fingerprint density at radius 1 is 1.44 bits per heavy atom. The summed E-state index contributed by atoms with van der Waals surface area (Å²) in [5, 5.41) is 10.3. The van der Waals surface area contributed by atoms with Crippen LogP contribution in [0.25, 0.3) is 10.1 Å². The molecule has 0 radical (unpaired) electrons. The van der Waals surface area contributed by atoms with Gasteiger partial charge in [-0.2, -0.15) is 0 Å². The zero-order valence-electron chi connectivity index (χ0n) is 10.4. The van der Waals surface area contributed by atoms with Crippen LogP contribution in [0, 0.1) is 0 Å². The van der Waals surface area contributed by atoms with Crippen molar-refractivity contribution >= 4 is 27.4 Å². The maximum Gasteiger partial charge on any atom is 0.191 e. The first-order valence-corrected chi connectivity index (χ1v) is 7.21. The summed E-state index contributed by atoms with van der Waals surface area (Å²) in [4.78, 5) is 4.39. The molecule has 1 aromatic carbocycles. The number of benzene rings is 1. The van der Waals surface area contributed by atoms with Crippen molar-refractivity contribution in [1.82, 2.24) is 10.6 Å². The van der Waals surface area contributed by atoms with Gasteiger partial charge in [0.25, 0.3) is 0 Å². The second-order valence-corrected chi connectivity index (χ2v) is 5.58. The molecule has 1 unspecified atom stereocenters. The monoisotopic (exact) mass is 259 g/mol. The number of hydrogen-bond acceptors (Lipinski definition) is 4. The number of rotatable bonds is 3. The Labute approximate surface area is 111 Å². The van der Waals surface area contributed by atoms with Crippen LogP contribution < -0.4 is 10.6 Å². The molecular weight excluding hydrogens is 242 g/mol. The average molecular weight is 259 g/mol. The van der Waals surface area contributed by atoms with Crippen LogP contribution in [0.15, 0.2) is 34.6 Å². The van der Waals surface area contributed by atoms with Crippen LogP contribution in [0.2, 0.25) is 0 Å². The number of hydrogen-bond donors (Lipinski definition) is 2. The lowest BCUT2D eigenvalue weighted by Gasteiger charge is -2.08. The standard InChI is InChI=1S/C14H17N3S/c1-10-8-16-14(17-10)15-7-6-11-9-18-13-5-3-2-4-12(11)13/h2-5,9-10H,6-8H2,1H3,(H2,15,16,17). The van der Waals surface area contributed by atoms with E-state index in [2.05, 4.69) is 52.2 Å². The molecule has 1 aliphatic rings. The van der Waals surface area contributed by atoms with Crippen LogP contribution in [0.5, 0.6) is 0 Å². The summed E-state index contributed by atoms with van der Waals surface area (Å²) in [5.74, 6) is 0.946. The van der Waals surface area contributed by atoms with Crippen LogP contribution in [-0.2, 0) is 6.42 Å². The summed E-state index contributed by atoms with van der Waals surface area (Å²) in [6, 6.07) is 9.06. The van der Waals surface area contributed by atoms with E-state index < -0.39 is 0 Å². The lowest BCUT2D eigenvalue weighted by molar-refractivity contribution is 0.712. The summed E-state index contributed by atoms with van der Waals surface area (Å²) in [5.41, 5.74) is 1.43. The number of fused-ring (bicyclic) bond motifs is 1. The molecule has 0 saturated carbocycles. The van der Waals surface area contributed by atoms with Crippen molar-refractivity contribution in [1.29, 1.82) is 0 Å². The molecule has 0 amide bonds. The third-order valence-corrected chi connectivity index (χ3v) is 4.17. The summed E-state index contributed by atoms with van der Waals surface area (Å²) in [7, 11) is 0. The highest BCUT2D eigenvalue weighted by molar-refractivity contribution is 7.17. The van der Waals surface area contributed by atoms with E-state index in [-0.39, 0.29) is 0 Å². The molecule has 4 heteroatoms. The Morgan fingerprint density at radius 3 is 3.17 bits per heavy atom. The van der Waals surface area contributed by atoms with Gasteiger partial charge in [-0.05, 0) is 35.7 Å². The lowest BCUT2D eigenvalue weighted by atomic mass is 10.1. The second kappa shape index (κ2) is 4.98. The molecule has 0 fully saturated rings. The molecule has 18 heavy (non-hydrogen) atoms. The minimum absolute atomic E-state index is 0.467. The van der Waals surface area contributed by atoms with Crippen LogP contribution in [-0.4, -0.2) is 25.1 Å². The minimum atomic E-state index is 0.467. The second-order valence-electron chi connectivity index (χ2n) is 4.67. The van der Waals surface area contributed by atoms with Gasteiger partial charge in [0.15, 0.2) is 5.96 Å². The molecular formula is C14H17N3S. The topological polar surface area (TPSA) is 36.4 Å². The fraction of sp³-hybridized carbons (Fsp3) is 0.357. The lowest BCUT2D eigenvalue weighted by Crippen LogP contribution is -2.38. The largest absolute Gasteiger partial charge is 0.356 e. The van der Waals surface area contributed by atoms with Gasteiger partial charge in [0, 0.05) is 17.3 Å². The van der Waals surface area contributed by atoms with Gasteiger partial charge in [0.2, 0.25) is 0 Å². The number of nitrogens with one attached hydrogen (secondary N) is 2. The van der Waals surface area contributed by atoms with Crippen molar-refractivity contribution in [2.45, 2.75) is 19.4 Å². The first kappa shape index (κ1) is 11.5. The molecule has 1 atom stereocenters. The number of nitrogens with zero attached hydrogens (tertiary/aromatic N) is 1. The van der Waals surface area contributed by atoms with Gasteiger partial charge in [-0.15, -0.1) is 11.3 Å². The zero-order chi connectivity index (χ0) is 12.4. The van der Waals surface area contributed by atoms with E-state index in [4.69, 9.17) is 0 Å². The van der Waals surface area contributed by atoms with E-state index >= 15 is 0 Å². The van der Waals surface area contributed by atoms with E-state index in [1.54, 1.807) is 0 Å². The van der Waals surface area contributed by atoms with Crippen molar-refractivity contribution in [3.05, 3.63) is 35.2 Å². The molecule has 3 rings (SSSR count). The van der Waals surface area contributed by atoms with Crippen LogP contribution >= 0.6 is 11.3 Å². The van der Waals surface area contributed by atoms with Gasteiger partial charge >= 0.3 is 0 Å². The predicted molar refractivity (Wildman–Crippen MR) is 78.4 cm³/mol. The van der Waals surface area contributed by atoms with Crippen molar-refractivity contribution in [3.63, 3.8) is 0 Å². The van der Waals surface area contributed by atoms with Gasteiger partial charge in [-0.3, -0.25) is 4.99 Å². The molecule has 2 heterocycles. The third-order valence-electron chi connectivity index (χ3n) is 3.15. The maximum atomic E-state index is 4.39. The van der Waals surface area contributed by atoms with E-state index in [0.29, 0.717) is 6.04 Å². The first-order valence-electron chi connectivity index (χ1n) is 6.33. The fourth-order valence-electron chi connectivity index (χ4n) is 2.20. The van der Waals surface area contributed by atoms with Gasteiger partial charge in [-0.1, -0.05) is 18.2 Å². The Bertz CT molecular complexity index is 573. The van der Waals surface area contributed by atoms with E-state index in [9.17, 15) is 0 Å². The molecule has 2 N–H and O–H groups in total. The van der Waals surface area contributed by atoms with Gasteiger partial charge < -0.3 is 10.6 Å². The van der Waals surface area contributed by atoms with E-state index in [1.807, 2.05) is 11.3 Å². The summed E-state index contributed by atoms with van der Waals surface area (Å²) in [6.45, 7) is 3.95. The third kappa shape index (κ3) is 2.34. The van der Waals surface area contributed by atoms with Crippen molar-refractivity contribution in [2.24, 2.45) is 4.99 Å². The summed E-state index contributed by atoms with van der Waals surface area (Å²) >= 11 is 1.82. The van der Waals surface area contributed by atoms with Crippen LogP contribution in [0.4, 0.5) is 0 Å². The molecule has 1 aliphatic heterocycles. The quantitative estimate of drug-likeness (QED) is 0.888. The van der Waals surface area contributed by atoms with Crippen molar-refractivity contribution in [3.8, 4) is 0 Å². The Kier molecular flexibility index (Phi) is 3.19. The average Bonchev–Trinajstić information content (AvgIpc) is 2.97. The number of thiophene rings is 1. The van der Waals surface area contributed by atoms with Crippen molar-refractivity contribution in [2.75, 3.05) is 13.1 Å². The van der Waals surface area contributed by atoms with Gasteiger partial charge in [0.1, 0.15) is 0 Å². The van der Waals surface area contributed by atoms with Gasteiger partial charge in [-0.25, -0.2) is 0 Å². The Balaban J connectivity index is 1.60. The zero-order valence-corrected chi connectivity index (χ0v) is 11.3. The molecule has 0 saturated heterocycles. The highest BCUT2D eigenvalue weighted by atomic mass is 32.1. The van der Waals surface area contributed by atoms with E-state index in [0.717, 1.165) is 25.5 Å². The molecule has 94 valence electrons. The minimum Gasteiger partial charge on any atom is -0.356 e. The molecule has 0 aliphatic carbocycles. The predicted octanol–water partition coefficient (Wildman–Crippen LogP) is 2.38. The first-order chi connectivity index (χ1) is 8.83. The summed E-state index contributed by atoms with van der Waals surface area (Å²) in [6.07, 6.45) is 1.04. The Hall–Kier alpha value is -1.55. The number of guanidine groups is 1. The normalized spacial score (nSPS) is 18.7. The molecule has 1 aromatic heterocycles. The molecule has 0 spiro atoms. The SMILES string of the molecule is CC1CN=C(NCCc2csc3ccccc23)N1. The molecule has 3 nitrogen and oxygen atoms in total. The van der Waals surface area contributed by atoms with Crippen LogP contribution in [0.3, 0.4) is 0 Å². The summed E-state index contributed by atoms with van der Waals surface area (Å²) < 4.78 is 1.37. The van der Waals surface area contributed by atoms with Crippen LogP contribution in [0.1, 0.15) is 12.5 Å². The molecule has 2 aromatic rings. The van der Waals surface area contributed by atoms with E-state index in [1.165, 1.54) is 15.6 Å². The van der Waals surface area contributed by atoms with Crippen molar-refractivity contribution < 1.29 is 0 Å². The Morgan fingerprint density at radius 2 is 2.33 bits per heavy atom. The smallest absolute Gasteiger partial charge is 0.191 e.